The lowest BCUT2D eigenvalue weighted by Crippen LogP contribution is -2.48. The molecule has 0 aromatic rings. The summed E-state index contributed by atoms with van der Waals surface area (Å²) in [6.07, 6.45) is 11.5. The molecule has 3 saturated carbocycles. The lowest BCUT2D eigenvalue weighted by Gasteiger charge is -2.51. The van der Waals surface area contributed by atoms with Crippen LogP contribution in [0.25, 0.3) is 0 Å². The van der Waals surface area contributed by atoms with Gasteiger partial charge in [0.2, 0.25) is 0 Å². The minimum atomic E-state index is -0.220. The molecule has 0 saturated heterocycles. The van der Waals surface area contributed by atoms with Gasteiger partial charge < -0.3 is 10.2 Å². The van der Waals surface area contributed by atoms with E-state index in [1.165, 1.54) is 37.7 Å². The molecule has 0 spiro atoms. The van der Waals surface area contributed by atoms with Crippen molar-refractivity contribution in [1.82, 2.24) is 0 Å². The fourth-order valence-corrected chi connectivity index (χ4v) is 5.96. The average molecular weight is 262 g/mol. The van der Waals surface area contributed by atoms with Crippen molar-refractivity contribution in [3.8, 4) is 0 Å². The predicted octanol–water partition coefficient (Wildman–Crippen LogP) is 2.89. The highest BCUT2D eigenvalue weighted by Gasteiger charge is 2.51. The third kappa shape index (κ3) is 1.91. The van der Waals surface area contributed by atoms with Gasteiger partial charge in [0.05, 0.1) is 12.2 Å². The van der Waals surface area contributed by atoms with E-state index < -0.39 is 0 Å². The molecule has 19 heavy (non-hydrogen) atoms. The van der Waals surface area contributed by atoms with E-state index in [2.05, 4.69) is 6.08 Å². The summed E-state index contributed by atoms with van der Waals surface area (Å²) in [6, 6.07) is 0. The summed E-state index contributed by atoms with van der Waals surface area (Å²) in [7, 11) is 0. The molecule has 4 aliphatic carbocycles. The third-order valence-electron chi connectivity index (χ3n) is 6.64. The largest absolute Gasteiger partial charge is 0.393 e. The number of allylic oxidation sites excluding steroid dienone is 1. The first kappa shape index (κ1) is 12.4. The minimum absolute atomic E-state index is 0.0757. The molecule has 4 aliphatic rings. The molecule has 0 heterocycles. The Morgan fingerprint density at radius 3 is 2.74 bits per heavy atom. The van der Waals surface area contributed by atoms with E-state index in [0.29, 0.717) is 11.8 Å². The fraction of sp³-hybridized carbons (Fsp3) is 0.882. The lowest BCUT2D eigenvalue weighted by molar-refractivity contribution is -0.0608. The second-order valence-electron chi connectivity index (χ2n) is 7.43. The second kappa shape index (κ2) is 4.60. The number of hydrogen-bond acceptors (Lipinski definition) is 2. The maximum absolute atomic E-state index is 10.7. The van der Waals surface area contributed by atoms with Gasteiger partial charge in [-0.25, -0.2) is 0 Å². The molecule has 2 heteroatoms. The van der Waals surface area contributed by atoms with E-state index in [9.17, 15) is 10.2 Å². The Hall–Kier alpha value is -0.340. The van der Waals surface area contributed by atoms with Crippen molar-refractivity contribution in [1.29, 1.82) is 0 Å². The molecule has 2 N–H and O–H groups in total. The molecule has 0 aromatic carbocycles. The van der Waals surface area contributed by atoms with Crippen LogP contribution in [-0.4, -0.2) is 22.4 Å². The Morgan fingerprint density at radius 1 is 0.947 bits per heavy atom. The Labute approximate surface area is 115 Å². The Bertz CT molecular complexity index is 389. The van der Waals surface area contributed by atoms with Crippen LogP contribution in [0.5, 0.6) is 0 Å². The molecule has 7 unspecified atom stereocenters. The van der Waals surface area contributed by atoms with Crippen LogP contribution >= 0.6 is 0 Å². The van der Waals surface area contributed by atoms with Crippen molar-refractivity contribution in [2.75, 3.05) is 0 Å². The van der Waals surface area contributed by atoms with Gasteiger partial charge in [0.15, 0.2) is 0 Å². The summed E-state index contributed by atoms with van der Waals surface area (Å²) in [4.78, 5) is 0. The highest BCUT2D eigenvalue weighted by molar-refractivity contribution is 5.20. The first-order valence-electron chi connectivity index (χ1n) is 8.31. The van der Waals surface area contributed by atoms with Crippen LogP contribution in [0.15, 0.2) is 11.6 Å². The second-order valence-corrected chi connectivity index (χ2v) is 7.43. The molecule has 7 atom stereocenters. The summed E-state index contributed by atoms with van der Waals surface area (Å²) in [5.74, 6) is 3.58. The van der Waals surface area contributed by atoms with Crippen molar-refractivity contribution in [2.45, 2.75) is 63.6 Å². The van der Waals surface area contributed by atoms with Gasteiger partial charge in [-0.05, 0) is 68.1 Å². The third-order valence-corrected chi connectivity index (χ3v) is 6.64. The molecule has 0 aliphatic heterocycles. The van der Waals surface area contributed by atoms with Gasteiger partial charge >= 0.3 is 0 Å². The van der Waals surface area contributed by atoms with Crippen molar-refractivity contribution in [3.05, 3.63) is 11.6 Å². The van der Waals surface area contributed by atoms with Gasteiger partial charge in [-0.2, -0.15) is 0 Å². The van der Waals surface area contributed by atoms with Gasteiger partial charge in [-0.15, -0.1) is 0 Å². The van der Waals surface area contributed by atoms with Crippen LogP contribution in [0, 0.1) is 29.6 Å². The first-order chi connectivity index (χ1) is 9.24. The summed E-state index contributed by atoms with van der Waals surface area (Å²) >= 11 is 0. The molecule has 106 valence electrons. The summed E-state index contributed by atoms with van der Waals surface area (Å²) in [6.45, 7) is 0. The number of hydrogen-bond donors (Lipinski definition) is 2. The van der Waals surface area contributed by atoms with Crippen molar-refractivity contribution in [3.63, 3.8) is 0 Å². The first-order valence-corrected chi connectivity index (χ1v) is 8.31. The van der Waals surface area contributed by atoms with Crippen molar-refractivity contribution < 1.29 is 10.2 Å². The van der Waals surface area contributed by atoms with Crippen molar-refractivity contribution >= 4 is 0 Å². The van der Waals surface area contributed by atoms with E-state index in [-0.39, 0.29) is 12.2 Å². The van der Waals surface area contributed by atoms with E-state index in [4.69, 9.17) is 0 Å². The molecular weight excluding hydrogens is 236 g/mol. The minimum Gasteiger partial charge on any atom is -0.393 e. The summed E-state index contributed by atoms with van der Waals surface area (Å²) < 4.78 is 0. The Kier molecular flexibility index (Phi) is 3.00. The summed E-state index contributed by atoms with van der Waals surface area (Å²) in [5, 5.41) is 20.5. The van der Waals surface area contributed by atoms with Gasteiger partial charge in [0.25, 0.3) is 0 Å². The standard InChI is InChI=1S/C17H26O2/c18-12-5-7-14-11(8-12)4-6-15-13-3-1-2-10(13)9-16(19)17(14)15/h8,10,12-19H,1-7,9H2. The fourth-order valence-electron chi connectivity index (χ4n) is 5.96. The van der Waals surface area contributed by atoms with E-state index in [1.54, 1.807) is 0 Å². The molecule has 4 rings (SSSR count). The highest BCUT2D eigenvalue weighted by Crippen LogP contribution is 2.56. The van der Waals surface area contributed by atoms with Gasteiger partial charge in [0, 0.05) is 0 Å². The zero-order valence-corrected chi connectivity index (χ0v) is 11.7. The topological polar surface area (TPSA) is 40.5 Å². The molecule has 0 radical (unpaired) electrons. The van der Waals surface area contributed by atoms with Crippen molar-refractivity contribution in [2.24, 2.45) is 29.6 Å². The number of rotatable bonds is 0. The van der Waals surface area contributed by atoms with E-state index in [0.717, 1.165) is 37.0 Å². The van der Waals surface area contributed by atoms with Gasteiger partial charge in [-0.3, -0.25) is 0 Å². The molecule has 0 aromatic heterocycles. The molecule has 0 bridgehead atoms. The monoisotopic (exact) mass is 262 g/mol. The van der Waals surface area contributed by atoms with Crippen LogP contribution < -0.4 is 0 Å². The Morgan fingerprint density at radius 2 is 1.84 bits per heavy atom. The smallest absolute Gasteiger partial charge is 0.0723 e. The molecular formula is C17H26O2. The number of fused-ring (bicyclic) bond motifs is 5. The van der Waals surface area contributed by atoms with Gasteiger partial charge in [0.1, 0.15) is 0 Å². The number of aliphatic hydroxyl groups excluding tert-OH is 2. The van der Waals surface area contributed by atoms with E-state index >= 15 is 0 Å². The molecule has 0 amide bonds. The maximum atomic E-state index is 10.7. The quantitative estimate of drug-likeness (QED) is 0.659. The normalized spacial score (nSPS) is 52.9. The number of aliphatic hydroxyl groups is 2. The predicted molar refractivity (Wildman–Crippen MR) is 74.5 cm³/mol. The van der Waals surface area contributed by atoms with E-state index in [1.807, 2.05) is 0 Å². The van der Waals surface area contributed by atoms with Crippen LogP contribution in [0.1, 0.15) is 51.4 Å². The lowest BCUT2D eigenvalue weighted by atomic mass is 9.55. The molecule has 3 fully saturated rings. The zero-order valence-electron chi connectivity index (χ0n) is 11.7. The SMILES string of the molecule is OC1C=C2CCC3C4CCCC4CC(O)C3C2CC1. The average Bonchev–Trinajstić information content (AvgIpc) is 2.86. The van der Waals surface area contributed by atoms with Gasteiger partial charge in [-0.1, -0.05) is 24.5 Å². The highest BCUT2D eigenvalue weighted by atomic mass is 16.3. The van der Waals surface area contributed by atoms with Crippen LogP contribution in [-0.2, 0) is 0 Å². The van der Waals surface area contributed by atoms with Crippen LogP contribution in [0.2, 0.25) is 0 Å². The van der Waals surface area contributed by atoms with Crippen LogP contribution in [0.4, 0.5) is 0 Å². The Balaban J connectivity index is 1.64. The zero-order chi connectivity index (χ0) is 13.0. The maximum Gasteiger partial charge on any atom is 0.0723 e. The van der Waals surface area contributed by atoms with Crippen LogP contribution in [0.3, 0.4) is 0 Å². The summed E-state index contributed by atoms with van der Waals surface area (Å²) in [5.41, 5.74) is 1.47. The molecule has 2 nitrogen and oxygen atoms in total.